The number of carboxylic acids is 1. The second-order valence-electron chi connectivity index (χ2n) is 3.00. The van der Waals surface area contributed by atoms with Crippen molar-refractivity contribution in [3.8, 4) is 0 Å². The summed E-state index contributed by atoms with van der Waals surface area (Å²) in [4.78, 5) is 10.2. The van der Waals surface area contributed by atoms with Crippen molar-refractivity contribution in [2.24, 2.45) is 0 Å². The van der Waals surface area contributed by atoms with E-state index in [0.717, 1.165) is 0 Å². The Morgan fingerprint density at radius 1 is 1.67 bits per heavy atom. The second kappa shape index (κ2) is 3.38. The summed E-state index contributed by atoms with van der Waals surface area (Å²) in [5, 5.41) is 10.2. The van der Waals surface area contributed by atoms with E-state index in [2.05, 4.69) is 0 Å². The summed E-state index contributed by atoms with van der Waals surface area (Å²) in [5.41, 5.74) is 0. The van der Waals surface area contributed by atoms with Crippen LogP contribution in [-0.2, 0) is 11.3 Å². The number of aromatic nitrogens is 2. The zero-order valence-electron chi connectivity index (χ0n) is 7.23. The first-order chi connectivity index (χ1) is 5.59. The molecule has 12 heavy (non-hydrogen) atoms. The summed E-state index contributed by atoms with van der Waals surface area (Å²) in [7, 11) is 0. The number of nitrogens with zero attached hydrogens (tertiary/aromatic N) is 2. The zero-order chi connectivity index (χ0) is 9.14. The summed E-state index contributed by atoms with van der Waals surface area (Å²) in [6, 6.07) is 0.355. The first-order valence-electron chi connectivity index (χ1n) is 3.86. The Morgan fingerprint density at radius 2 is 2.33 bits per heavy atom. The molecule has 4 nitrogen and oxygen atoms in total. The normalized spacial score (nSPS) is 10.6. The van der Waals surface area contributed by atoms with Crippen molar-refractivity contribution < 1.29 is 14.5 Å². The highest BCUT2D eigenvalue weighted by Gasteiger charge is 2.05. The number of aliphatic carboxylic acids is 1. The van der Waals surface area contributed by atoms with Gasteiger partial charge in [-0.3, -0.25) is 0 Å². The molecule has 0 N–H and O–H groups in total. The van der Waals surface area contributed by atoms with Gasteiger partial charge >= 0.3 is 0 Å². The molecule has 0 spiro atoms. The lowest BCUT2D eigenvalue weighted by Crippen LogP contribution is -2.42. The van der Waals surface area contributed by atoms with Gasteiger partial charge in [-0.2, -0.15) is 0 Å². The Bertz CT molecular complexity index is 278. The molecule has 1 aromatic rings. The Kier molecular flexibility index (Phi) is 2.47. The molecule has 0 aliphatic carbocycles. The number of carboxylic acid groups (broad SMARTS) is 1. The Balaban J connectivity index is 2.70. The van der Waals surface area contributed by atoms with Crippen LogP contribution >= 0.6 is 0 Å². The number of carbonyl (C=O) groups excluding carboxylic acids is 1. The summed E-state index contributed by atoms with van der Waals surface area (Å²) in [6.07, 6.45) is 5.31. The number of hydrogen-bond donors (Lipinski definition) is 0. The third-order valence-electron chi connectivity index (χ3n) is 1.62. The van der Waals surface area contributed by atoms with Crippen LogP contribution in [0.3, 0.4) is 0 Å². The van der Waals surface area contributed by atoms with Gasteiger partial charge in [0.25, 0.3) is 0 Å². The summed E-state index contributed by atoms with van der Waals surface area (Å²) >= 11 is 0. The molecule has 0 aliphatic heterocycles. The van der Waals surface area contributed by atoms with Gasteiger partial charge in [0.15, 0.2) is 0 Å². The second-order valence-corrected chi connectivity index (χ2v) is 3.00. The molecule has 0 amide bonds. The van der Waals surface area contributed by atoms with E-state index in [1.807, 2.05) is 24.6 Å². The maximum absolute atomic E-state index is 10.2. The van der Waals surface area contributed by atoms with Crippen molar-refractivity contribution in [2.45, 2.75) is 26.4 Å². The van der Waals surface area contributed by atoms with Crippen LogP contribution in [0.5, 0.6) is 0 Å². The molecule has 0 unspecified atom stereocenters. The summed E-state index contributed by atoms with van der Waals surface area (Å²) < 4.78 is 3.51. The molecule has 0 aromatic carbocycles. The fourth-order valence-corrected chi connectivity index (χ4v) is 0.959. The maximum atomic E-state index is 10.2. The molecule has 0 radical (unpaired) electrons. The monoisotopic (exact) mass is 168 g/mol. The van der Waals surface area contributed by atoms with Crippen LogP contribution in [0.2, 0.25) is 0 Å². The molecule has 0 aliphatic rings. The quantitative estimate of drug-likeness (QED) is 0.549. The van der Waals surface area contributed by atoms with E-state index >= 15 is 0 Å². The number of imidazole rings is 1. The van der Waals surface area contributed by atoms with Crippen LogP contribution in [0, 0.1) is 0 Å². The Labute approximate surface area is 71.1 Å². The maximum Gasteiger partial charge on any atom is 0.244 e. The van der Waals surface area contributed by atoms with Gasteiger partial charge in [0.1, 0.15) is 18.9 Å². The zero-order valence-corrected chi connectivity index (χ0v) is 7.23. The lowest BCUT2D eigenvalue weighted by molar-refractivity contribution is -0.690. The molecule has 1 heterocycles. The van der Waals surface area contributed by atoms with Gasteiger partial charge in [-0.15, -0.1) is 0 Å². The predicted molar refractivity (Wildman–Crippen MR) is 40.0 cm³/mol. The average Bonchev–Trinajstić information content (AvgIpc) is 2.34. The van der Waals surface area contributed by atoms with Crippen molar-refractivity contribution >= 4 is 5.97 Å². The molecule has 4 heteroatoms. The molecule has 0 saturated heterocycles. The van der Waals surface area contributed by atoms with Gasteiger partial charge in [0.05, 0.1) is 12.0 Å². The van der Waals surface area contributed by atoms with Gasteiger partial charge in [-0.05, 0) is 13.8 Å². The minimum absolute atomic E-state index is 0.0836. The minimum Gasteiger partial charge on any atom is -0.546 e. The number of rotatable bonds is 3. The first kappa shape index (κ1) is 8.77. The van der Waals surface area contributed by atoms with E-state index in [1.54, 1.807) is 17.1 Å². The molecule has 1 aromatic heterocycles. The van der Waals surface area contributed by atoms with Crippen LogP contribution in [-0.4, -0.2) is 10.5 Å². The lowest BCUT2D eigenvalue weighted by atomic mass is 10.4. The van der Waals surface area contributed by atoms with Crippen LogP contribution in [0.15, 0.2) is 18.7 Å². The average molecular weight is 168 g/mol. The van der Waals surface area contributed by atoms with Gasteiger partial charge in [-0.25, -0.2) is 9.13 Å². The topological polar surface area (TPSA) is 48.9 Å². The van der Waals surface area contributed by atoms with E-state index in [-0.39, 0.29) is 6.54 Å². The first-order valence-corrected chi connectivity index (χ1v) is 3.86. The lowest BCUT2D eigenvalue weighted by Gasteiger charge is -1.98. The van der Waals surface area contributed by atoms with Crippen LogP contribution in [0.4, 0.5) is 0 Å². The highest BCUT2D eigenvalue weighted by atomic mass is 16.4. The van der Waals surface area contributed by atoms with Gasteiger partial charge in [0.2, 0.25) is 6.33 Å². The van der Waals surface area contributed by atoms with Crippen LogP contribution in [0.1, 0.15) is 19.9 Å². The highest BCUT2D eigenvalue weighted by molar-refractivity contribution is 5.62. The van der Waals surface area contributed by atoms with E-state index in [0.29, 0.717) is 6.04 Å². The molecular weight excluding hydrogens is 156 g/mol. The highest BCUT2D eigenvalue weighted by Crippen LogP contribution is 1.99. The molecule has 0 atom stereocenters. The standard InChI is InChI=1S/C8H12N2O2/c1-7(2)10-4-3-9(6-10)5-8(11)12/h3-4,6-7H,5H2,1-2H3. The van der Waals surface area contributed by atoms with E-state index < -0.39 is 5.97 Å². The third-order valence-corrected chi connectivity index (χ3v) is 1.62. The van der Waals surface area contributed by atoms with Crippen LogP contribution < -0.4 is 9.67 Å². The SMILES string of the molecule is CC(C)n1cc[n+](CC(=O)[O-])c1. The third kappa shape index (κ3) is 2.08. The molecule has 66 valence electrons. The Hall–Kier alpha value is -1.32. The molecule has 0 fully saturated rings. The smallest absolute Gasteiger partial charge is 0.244 e. The fraction of sp³-hybridized carbons (Fsp3) is 0.500. The van der Waals surface area contributed by atoms with Crippen LogP contribution in [0.25, 0.3) is 0 Å². The Morgan fingerprint density at radius 3 is 2.75 bits per heavy atom. The predicted octanol–water partition coefficient (Wildman–Crippen LogP) is -0.894. The summed E-state index contributed by atoms with van der Waals surface area (Å²) in [6.45, 7) is 3.98. The fourth-order valence-electron chi connectivity index (χ4n) is 0.959. The summed E-state index contributed by atoms with van der Waals surface area (Å²) in [5.74, 6) is -1.07. The largest absolute Gasteiger partial charge is 0.546 e. The van der Waals surface area contributed by atoms with Gasteiger partial charge < -0.3 is 9.90 Å². The molecule has 0 bridgehead atoms. The molecule has 1 rings (SSSR count). The number of carbonyl (C=O) groups is 1. The van der Waals surface area contributed by atoms with Crippen molar-refractivity contribution in [1.29, 1.82) is 0 Å². The molecular formula is C8H12N2O2. The van der Waals surface area contributed by atoms with E-state index in [4.69, 9.17) is 0 Å². The van der Waals surface area contributed by atoms with Gasteiger partial charge in [0, 0.05) is 0 Å². The van der Waals surface area contributed by atoms with Crippen molar-refractivity contribution in [1.82, 2.24) is 4.57 Å². The van der Waals surface area contributed by atoms with E-state index in [9.17, 15) is 9.90 Å². The van der Waals surface area contributed by atoms with Crippen molar-refractivity contribution in [3.05, 3.63) is 18.7 Å². The van der Waals surface area contributed by atoms with E-state index in [1.165, 1.54) is 0 Å². The van der Waals surface area contributed by atoms with Crippen molar-refractivity contribution in [2.75, 3.05) is 0 Å². The molecule has 0 saturated carbocycles. The van der Waals surface area contributed by atoms with Crippen molar-refractivity contribution in [3.63, 3.8) is 0 Å². The number of hydrogen-bond acceptors (Lipinski definition) is 2. The van der Waals surface area contributed by atoms with Gasteiger partial charge in [-0.1, -0.05) is 0 Å². The minimum atomic E-state index is -1.07.